The van der Waals surface area contributed by atoms with Crippen molar-refractivity contribution in [3.05, 3.63) is 22.8 Å². The zero-order valence-electron chi connectivity index (χ0n) is 8.04. The first-order valence-electron chi connectivity index (χ1n) is 4.23. The molecule has 0 spiro atoms. The Morgan fingerprint density at radius 1 is 1.57 bits per heavy atom. The number of hydrogen-bond acceptors (Lipinski definition) is 3. The van der Waals surface area contributed by atoms with Crippen LogP contribution >= 0.6 is 15.9 Å². The number of likely N-dealkylation sites (N-methyl/N-ethyl adjacent to an activating group) is 1. The molecule has 0 fully saturated rings. The second-order valence-electron chi connectivity index (χ2n) is 2.86. The van der Waals surface area contributed by atoms with Gasteiger partial charge in [-0.05, 0) is 42.0 Å². The molecule has 0 aliphatic carbocycles. The summed E-state index contributed by atoms with van der Waals surface area (Å²) in [5.41, 5.74) is 0. The lowest BCUT2D eigenvalue weighted by molar-refractivity contribution is -0.117. The third-order valence-corrected chi connectivity index (χ3v) is 2.27. The number of amides is 1. The molecular formula is C9H12BrN3O. The average molecular weight is 258 g/mol. The van der Waals surface area contributed by atoms with E-state index in [4.69, 9.17) is 0 Å². The molecule has 5 heteroatoms. The Kier molecular flexibility index (Phi) is 4.03. The number of nitrogens with one attached hydrogen (secondary N) is 2. The molecule has 14 heavy (non-hydrogen) atoms. The van der Waals surface area contributed by atoms with Crippen molar-refractivity contribution in [2.24, 2.45) is 0 Å². The molecule has 0 aromatic carbocycles. The van der Waals surface area contributed by atoms with Gasteiger partial charge in [-0.1, -0.05) is 0 Å². The lowest BCUT2D eigenvalue weighted by Crippen LogP contribution is -2.35. The Morgan fingerprint density at radius 2 is 2.29 bits per heavy atom. The van der Waals surface area contributed by atoms with Gasteiger partial charge in [-0.2, -0.15) is 0 Å². The number of aromatic nitrogens is 1. The van der Waals surface area contributed by atoms with Crippen LogP contribution in [0.4, 0.5) is 5.82 Å². The Bertz CT molecular complexity index is 312. The van der Waals surface area contributed by atoms with E-state index in [0.717, 1.165) is 4.47 Å². The Hall–Kier alpha value is -0.940. The van der Waals surface area contributed by atoms with E-state index < -0.39 is 0 Å². The second-order valence-corrected chi connectivity index (χ2v) is 3.78. The Morgan fingerprint density at radius 3 is 2.79 bits per heavy atom. The topological polar surface area (TPSA) is 54.0 Å². The van der Waals surface area contributed by atoms with Crippen LogP contribution in [0.3, 0.4) is 0 Å². The number of carbonyl (C=O) groups is 1. The first-order valence-corrected chi connectivity index (χ1v) is 5.02. The first kappa shape index (κ1) is 11.1. The fraction of sp³-hybridized carbons (Fsp3) is 0.333. The highest BCUT2D eigenvalue weighted by molar-refractivity contribution is 9.10. The monoisotopic (exact) mass is 257 g/mol. The van der Waals surface area contributed by atoms with Crippen LogP contribution in [-0.4, -0.2) is 24.0 Å². The summed E-state index contributed by atoms with van der Waals surface area (Å²) in [6.45, 7) is 1.79. The first-order chi connectivity index (χ1) is 6.63. The van der Waals surface area contributed by atoms with Gasteiger partial charge in [-0.3, -0.25) is 4.79 Å². The molecule has 1 unspecified atom stereocenters. The molecule has 1 amide bonds. The summed E-state index contributed by atoms with van der Waals surface area (Å²) in [6, 6.07) is 3.34. The molecule has 1 aromatic rings. The van der Waals surface area contributed by atoms with Crippen molar-refractivity contribution in [2.75, 3.05) is 12.4 Å². The van der Waals surface area contributed by atoms with E-state index in [-0.39, 0.29) is 11.9 Å². The van der Waals surface area contributed by atoms with E-state index in [2.05, 4.69) is 31.5 Å². The summed E-state index contributed by atoms with van der Waals surface area (Å²) in [5.74, 6) is 0.461. The van der Waals surface area contributed by atoms with Gasteiger partial charge in [0.05, 0.1) is 6.04 Å². The van der Waals surface area contributed by atoms with Gasteiger partial charge in [0.15, 0.2) is 0 Å². The largest absolute Gasteiger partial charge is 0.309 e. The number of halogens is 1. The molecule has 1 heterocycles. The fourth-order valence-corrected chi connectivity index (χ4v) is 1.05. The summed E-state index contributed by atoms with van der Waals surface area (Å²) in [4.78, 5) is 15.4. The summed E-state index contributed by atoms with van der Waals surface area (Å²) in [7, 11) is 1.74. The van der Waals surface area contributed by atoms with Crippen LogP contribution in [0, 0.1) is 0 Å². The predicted molar refractivity (Wildman–Crippen MR) is 59.1 cm³/mol. The third kappa shape index (κ3) is 3.08. The zero-order valence-corrected chi connectivity index (χ0v) is 9.63. The lowest BCUT2D eigenvalue weighted by atomic mass is 10.3. The van der Waals surface area contributed by atoms with Gasteiger partial charge in [0.25, 0.3) is 0 Å². The molecule has 0 bridgehead atoms. The van der Waals surface area contributed by atoms with Gasteiger partial charge < -0.3 is 10.6 Å². The zero-order chi connectivity index (χ0) is 10.6. The Balaban J connectivity index is 2.60. The molecule has 0 saturated heterocycles. The second kappa shape index (κ2) is 5.07. The summed E-state index contributed by atoms with van der Waals surface area (Å²) >= 11 is 3.27. The molecule has 1 atom stereocenters. The normalized spacial score (nSPS) is 12.2. The maximum absolute atomic E-state index is 11.4. The molecule has 0 saturated carbocycles. The van der Waals surface area contributed by atoms with Crippen molar-refractivity contribution >= 4 is 27.7 Å². The summed E-state index contributed by atoms with van der Waals surface area (Å²) < 4.78 is 0.886. The minimum absolute atomic E-state index is 0.0951. The molecule has 1 rings (SSSR count). The standard InChI is InChI=1S/C9H12BrN3O/c1-6(11-2)9(14)13-8-4-3-7(10)5-12-8/h3-6,11H,1-2H3,(H,12,13,14). The van der Waals surface area contributed by atoms with Gasteiger partial charge in [0, 0.05) is 10.7 Å². The molecule has 0 aliphatic heterocycles. The maximum Gasteiger partial charge on any atom is 0.242 e. The molecule has 76 valence electrons. The van der Waals surface area contributed by atoms with Gasteiger partial charge in [-0.25, -0.2) is 4.98 Å². The SMILES string of the molecule is CNC(C)C(=O)Nc1ccc(Br)cn1. The fourth-order valence-electron chi connectivity index (χ4n) is 0.815. The number of anilines is 1. The van der Waals surface area contributed by atoms with Crippen molar-refractivity contribution < 1.29 is 4.79 Å². The van der Waals surface area contributed by atoms with Crippen molar-refractivity contribution in [2.45, 2.75) is 13.0 Å². The van der Waals surface area contributed by atoms with Crippen molar-refractivity contribution in [1.82, 2.24) is 10.3 Å². The van der Waals surface area contributed by atoms with E-state index >= 15 is 0 Å². The average Bonchev–Trinajstić information content (AvgIpc) is 2.20. The summed E-state index contributed by atoms with van der Waals surface area (Å²) in [5, 5.41) is 5.53. The van der Waals surface area contributed by atoms with E-state index in [1.165, 1.54) is 0 Å². The number of carbonyl (C=O) groups excluding carboxylic acids is 1. The minimum Gasteiger partial charge on any atom is -0.309 e. The van der Waals surface area contributed by atoms with Gasteiger partial charge in [-0.15, -0.1) is 0 Å². The number of nitrogens with zero attached hydrogens (tertiary/aromatic N) is 1. The van der Waals surface area contributed by atoms with Crippen LogP contribution < -0.4 is 10.6 Å². The quantitative estimate of drug-likeness (QED) is 0.861. The van der Waals surface area contributed by atoms with Crippen LogP contribution in [0.1, 0.15) is 6.92 Å². The predicted octanol–water partition coefficient (Wildman–Crippen LogP) is 1.39. The van der Waals surface area contributed by atoms with Crippen LogP contribution in [0.15, 0.2) is 22.8 Å². The molecular weight excluding hydrogens is 246 g/mol. The van der Waals surface area contributed by atoms with E-state index in [0.29, 0.717) is 5.82 Å². The third-order valence-electron chi connectivity index (χ3n) is 1.80. The molecule has 2 N–H and O–H groups in total. The number of hydrogen-bond donors (Lipinski definition) is 2. The molecule has 1 aromatic heterocycles. The molecule has 4 nitrogen and oxygen atoms in total. The Labute approximate surface area is 91.2 Å². The lowest BCUT2D eigenvalue weighted by Gasteiger charge is -2.09. The van der Waals surface area contributed by atoms with E-state index in [1.54, 1.807) is 26.2 Å². The van der Waals surface area contributed by atoms with Crippen LogP contribution in [0.5, 0.6) is 0 Å². The maximum atomic E-state index is 11.4. The van der Waals surface area contributed by atoms with E-state index in [9.17, 15) is 4.79 Å². The van der Waals surface area contributed by atoms with Crippen LogP contribution in [-0.2, 0) is 4.79 Å². The number of pyridine rings is 1. The smallest absolute Gasteiger partial charge is 0.242 e. The van der Waals surface area contributed by atoms with Crippen molar-refractivity contribution in [3.63, 3.8) is 0 Å². The number of rotatable bonds is 3. The summed E-state index contributed by atoms with van der Waals surface area (Å²) in [6.07, 6.45) is 1.64. The van der Waals surface area contributed by atoms with Gasteiger partial charge in [0.1, 0.15) is 5.82 Å². The molecule has 0 radical (unpaired) electrons. The van der Waals surface area contributed by atoms with Crippen molar-refractivity contribution in [3.8, 4) is 0 Å². The molecule has 0 aliphatic rings. The highest BCUT2D eigenvalue weighted by atomic mass is 79.9. The van der Waals surface area contributed by atoms with Gasteiger partial charge >= 0.3 is 0 Å². The minimum atomic E-state index is -0.222. The highest BCUT2D eigenvalue weighted by Gasteiger charge is 2.10. The van der Waals surface area contributed by atoms with Crippen LogP contribution in [0.2, 0.25) is 0 Å². The van der Waals surface area contributed by atoms with Crippen molar-refractivity contribution in [1.29, 1.82) is 0 Å². The van der Waals surface area contributed by atoms with E-state index in [1.807, 2.05) is 6.07 Å². The van der Waals surface area contributed by atoms with Crippen LogP contribution in [0.25, 0.3) is 0 Å². The van der Waals surface area contributed by atoms with Gasteiger partial charge in [0.2, 0.25) is 5.91 Å². The highest BCUT2D eigenvalue weighted by Crippen LogP contribution is 2.10.